The van der Waals surface area contributed by atoms with Crippen LogP contribution in [0.1, 0.15) is 12.6 Å². The van der Waals surface area contributed by atoms with Crippen LogP contribution in [0.25, 0.3) is 11.0 Å². The number of nitrogens with zero attached hydrogens (tertiary/aromatic N) is 7. The van der Waals surface area contributed by atoms with Crippen molar-refractivity contribution in [2.75, 3.05) is 25.1 Å². The number of rotatable bonds is 12. The molecule has 44 heavy (non-hydrogen) atoms. The Hall–Kier alpha value is -4.33. The summed E-state index contributed by atoms with van der Waals surface area (Å²) in [4.78, 5) is 60.1. The van der Waals surface area contributed by atoms with Crippen molar-refractivity contribution in [3.63, 3.8) is 0 Å². The van der Waals surface area contributed by atoms with E-state index in [2.05, 4.69) is 31.1 Å². The lowest BCUT2D eigenvalue weighted by Gasteiger charge is -2.49. The highest BCUT2D eigenvalue weighted by Gasteiger charge is 2.55. The van der Waals surface area contributed by atoms with Crippen molar-refractivity contribution in [1.82, 2.24) is 35.5 Å². The zero-order valence-electron chi connectivity index (χ0n) is 23.1. The first kappa shape index (κ1) is 31.1. The van der Waals surface area contributed by atoms with Gasteiger partial charge in [0.2, 0.25) is 6.10 Å². The molecule has 0 aromatic carbocycles. The third-order valence-electron chi connectivity index (χ3n) is 6.69. The Bertz CT molecular complexity index is 1720. The lowest BCUT2D eigenvalue weighted by Crippen LogP contribution is -2.71. The molecule has 3 aromatic rings. The van der Waals surface area contributed by atoms with Crippen molar-refractivity contribution < 1.29 is 38.8 Å². The molecule has 3 aromatic heterocycles. The Morgan fingerprint density at radius 3 is 2.80 bits per heavy atom. The average Bonchev–Trinajstić information content (AvgIpc) is 3.55. The molecular weight excluding hydrogens is 640 g/mol. The lowest BCUT2D eigenvalue weighted by atomic mass is 10.0. The van der Waals surface area contributed by atoms with Crippen LogP contribution in [0, 0.1) is 0 Å². The minimum absolute atomic E-state index is 0.00600. The number of oxime groups is 1. The second kappa shape index (κ2) is 12.7. The van der Waals surface area contributed by atoms with E-state index in [4.69, 9.17) is 27.3 Å². The number of fused-ring (bicyclic) bond motifs is 2. The van der Waals surface area contributed by atoms with Crippen LogP contribution in [0.2, 0.25) is 4.34 Å². The Labute approximate surface area is 261 Å². The molecule has 232 valence electrons. The van der Waals surface area contributed by atoms with E-state index in [0.717, 1.165) is 21.8 Å². The Balaban J connectivity index is 1.35. The largest absolute Gasteiger partial charge is 0.478 e. The highest BCUT2D eigenvalue weighted by Crippen LogP contribution is 2.40. The number of anilines is 1. The van der Waals surface area contributed by atoms with Crippen LogP contribution >= 0.6 is 34.7 Å². The van der Waals surface area contributed by atoms with Crippen molar-refractivity contribution in [2.45, 2.75) is 37.5 Å². The van der Waals surface area contributed by atoms with Gasteiger partial charge in [0, 0.05) is 23.9 Å². The first-order chi connectivity index (χ1) is 21.0. The van der Waals surface area contributed by atoms with E-state index in [1.807, 2.05) is 13.1 Å². The molecule has 2 aliphatic heterocycles. The molecule has 17 nitrogen and oxygen atoms in total. The highest BCUT2D eigenvalue weighted by molar-refractivity contribution is 8.00. The number of hydrogen-bond donors (Lipinski definition) is 5. The van der Waals surface area contributed by atoms with Gasteiger partial charge in [0.1, 0.15) is 32.7 Å². The van der Waals surface area contributed by atoms with E-state index in [1.54, 1.807) is 21.6 Å². The summed E-state index contributed by atoms with van der Waals surface area (Å²) in [6.07, 6.45) is 2.14. The van der Waals surface area contributed by atoms with Gasteiger partial charge < -0.3 is 31.4 Å². The summed E-state index contributed by atoms with van der Waals surface area (Å²) in [7, 11) is 1.84. The fraction of sp³-hybridized carbons (Fsp3) is 0.375. The number of likely N-dealkylation sites (N-methyl/N-ethyl adjacent to an activating group) is 1. The molecule has 0 bridgehead atoms. The number of carboxylic acids is 2. The zero-order valence-corrected chi connectivity index (χ0v) is 25.5. The van der Waals surface area contributed by atoms with Crippen molar-refractivity contribution in [3.8, 4) is 0 Å². The molecule has 0 aliphatic carbocycles. The van der Waals surface area contributed by atoms with E-state index in [0.29, 0.717) is 24.2 Å². The topological polar surface area (TPSA) is 231 Å². The number of thiazole rings is 1. The third kappa shape index (κ3) is 6.03. The van der Waals surface area contributed by atoms with Crippen LogP contribution in [-0.4, -0.2) is 101 Å². The van der Waals surface area contributed by atoms with E-state index in [9.17, 15) is 24.3 Å². The van der Waals surface area contributed by atoms with Gasteiger partial charge in [-0.05, 0) is 14.0 Å². The molecule has 5 heterocycles. The van der Waals surface area contributed by atoms with E-state index >= 15 is 0 Å². The number of aliphatic carboxylic acids is 2. The summed E-state index contributed by atoms with van der Waals surface area (Å²) in [6.45, 7) is 2.73. The minimum atomic E-state index is -1.41. The quantitative estimate of drug-likeness (QED) is 0.0695. The second-order valence-electron chi connectivity index (χ2n) is 9.62. The van der Waals surface area contributed by atoms with Crippen LogP contribution in [0.15, 0.2) is 34.9 Å². The van der Waals surface area contributed by atoms with Gasteiger partial charge in [0.15, 0.2) is 35.3 Å². The van der Waals surface area contributed by atoms with Gasteiger partial charge in [-0.15, -0.1) is 16.9 Å². The summed E-state index contributed by atoms with van der Waals surface area (Å²) in [5, 5.41) is 36.1. The average molecular weight is 666 g/mol. The highest BCUT2D eigenvalue weighted by atomic mass is 35.5. The predicted molar refractivity (Wildman–Crippen MR) is 158 cm³/mol. The molecule has 0 saturated carbocycles. The number of pyridine rings is 1. The fourth-order valence-corrected chi connectivity index (χ4v) is 6.78. The molecule has 20 heteroatoms. The van der Waals surface area contributed by atoms with Crippen molar-refractivity contribution >= 4 is 80.3 Å². The Morgan fingerprint density at radius 1 is 1.36 bits per heavy atom. The molecule has 1 saturated heterocycles. The number of carboxylic acid groups (broad SMARTS) is 2. The zero-order chi connectivity index (χ0) is 31.7. The molecular formula is C24H26ClN10O7S2+. The molecule has 2 amide bonds. The van der Waals surface area contributed by atoms with Crippen molar-refractivity contribution in [3.05, 3.63) is 39.8 Å². The maximum absolute atomic E-state index is 13.3. The van der Waals surface area contributed by atoms with E-state index < -0.39 is 47.0 Å². The monoisotopic (exact) mass is 665 g/mol. The molecule has 5 rings (SSSR count). The van der Waals surface area contributed by atoms with Gasteiger partial charge in [-0.2, -0.15) is 4.57 Å². The SMILES string of the molecule is CNCCn1nnc2c[n+](CC3=C(C(=O)O)N4C(=O)C(NC(=O)/C(=N\O[C@@H](C)C(=O)O)c5nc(N)sc5Cl)C4SC3)ccc21. The number of carbonyl (C=O) groups is 4. The molecule has 2 aliphatic rings. The maximum atomic E-state index is 13.3. The van der Waals surface area contributed by atoms with Crippen molar-refractivity contribution in [1.29, 1.82) is 0 Å². The number of aromatic nitrogens is 5. The normalized spacial score (nSPS) is 19.0. The molecule has 1 fully saturated rings. The van der Waals surface area contributed by atoms with Crippen molar-refractivity contribution in [2.24, 2.45) is 5.16 Å². The number of β-lactam (4-membered cyclic amide) rings is 1. The van der Waals surface area contributed by atoms with Crippen LogP contribution in [-0.2, 0) is 37.1 Å². The molecule has 2 unspecified atom stereocenters. The summed E-state index contributed by atoms with van der Waals surface area (Å²) >= 11 is 8.29. The molecule has 3 atom stereocenters. The Morgan fingerprint density at radius 2 is 2.14 bits per heavy atom. The number of nitrogens with one attached hydrogen (secondary N) is 2. The third-order valence-corrected chi connectivity index (χ3v) is 9.11. The number of nitrogen functional groups attached to an aromatic ring is 1. The van der Waals surface area contributed by atoms with Gasteiger partial charge in [0.05, 0.1) is 6.54 Å². The minimum Gasteiger partial charge on any atom is -0.478 e. The van der Waals surface area contributed by atoms with Gasteiger partial charge >= 0.3 is 11.9 Å². The first-order valence-electron chi connectivity index (χ1n) is 13.0. The van der Waals surface area contributed by atoms with Gasteiger partial charge in [-0.1, -0.05) is 33.3 Å². The maximum Gasteiger partial charge on any atom is 0.352 e. The van der Waals surface area contributed by atoms with E-state index in [1.165, 1.54) is 18.7 Å². The number of amides is 2. The lowest BCUT2D eigenvalue weighted by molar-refractivity contribution is -0.687. The van der Waals surface area contributed by atoms with E-state index in [-0.39, 0.29) is 33.2 Å². The number of halogens is 1. The number of nitrogens with two attached hydrogens (primary N) is 1. The van der Waals surface area contributed by atoms with Gasteiger partial charge in [-0.25, -0.2) is 19.3 Å². The first-order valence-corrected chi connectivity index (χ1v) is 15.2. The van der Waals surface area contributed by atoms with Gasteiger partial charge in [0.25, 0.3) is 11.8 Å². The number of carbonyl (C=O) groups excluding carboxylic acids is 2. The number of thioether (sulfide) groups is 1. The number of hydrogen-bond acceptors (Lipinski definition) is 13. The Kier molecular flexibility index (Phi) is 9.00. The van der Waals surface area contributed by atoms with Crippen LogP contribution in [0.5, 0.6) is 0 Å². The van der Waals surface area contributed by atoms with Crippen LogP contribution in [0.4, 0.5) is 5.13 Å². The molecule has 0 radical (unpaired) electrons. The fourth-order valence-electron chi connectivity index (χ4n) is 4.51. The second-order valence-corrected chi connectivity index (χ2v) is 12.4. The van der Waals surface area contributed by atoms with Crippen LogP contribution < -0.4 is 20.9 Å². The molecule has 6 N–H and O–H groups in total. The summed E-state index contributed by atoms with van der Waals surface area (Å²) < 4.78 is 3.53. The van der Waals surface area contributed by atoms with Gasteiger partial charge in [-0.3, -0.25) is 14.5 Å². The summed E-state index contributed by atoms with van der Waals surface area (Å²) in [6, 6.07) is 0.727. The summed E-state index contributed by atoms with van der Waals surface area (Å²) in [5.41, 5.74) is 6.82. The standard InChI is InChI=1S/C24H25ClN10O7S2/c1-10(22(38)39)42-31-15(14-18(25)44-24(26)29-14)19(36)28-16-20(37)35-17(23(40)41)11(9-43-21(16)35)7-33-5-3-13-12(8-33)30-32-34(13)6-4-27-2/h3,5,8,10,16,21,27H,4,6-7,9H2,1-2H3,(H4-,26,28,29,36,38,39,40,41)/p+1/b31-15-/t10-,16?,21?/m0/s1. The molecule has 0 spiro atoms. The predicted octanol–water partition coefficient (Wildman–Crippen LogP) is -0.737. The smallest absolute Gasteiger partial charge is 0.352 e. The van der Waals surface area contributed by atoms with Crippen LogP contribution in [0.3, 0.4) is 0 Å². The summed E-state index contributed by atoms with van der Waals surface area (Å²) in [5.74, 6) is -3.95.